The predicted molar refractivity (Wildman–Crippen MR) is 143 cm³/mol. The van der Waals surface area contributed by atoms with E-state index in [1.54, 1.807) is 4.52 Å². The summed E-state index contributed by atoms with van der Waals surface area (Å²) in [5.41, 5.74) is 4.81. The molecule has 1 aliphatic heterocycles. The lowest BCUT2D eigenvalue weighted by molar-refractivity contribution is 0.0737. The molecule has 2 aromatic carbocycles. The van der Waals surface area contributed by atoms with Gasteiger partial charge in [-0.2, -0.15) is 5.10 Å². The fourth-order valence-electron chi connectivity index (χ4n) is 4.56. The van der Waals surface area contributed by atoms with Gasteiger partial charge in [0.15, 0.2) is 5.65 Å². The summed E-state index contributed by atoms with van der Waals surface area (Å²) in [6.45, 7) is 11.7. The molecule has 0 aliphatic carbocycles. The van der Waals surface area contributed by atoms with Crippen LogP contribution in [0.4, 0.5) is 5.69 Å². The summed E-state index contributed by atoms with van der Waals surface area (Å²) in [6.07, 6.45) is 0. The summed E-state index contributed by atoms with van der Waals surface area (Å²) >= 11 is 0. The number of aromatic nitrogens is 3. The Morgan fingerprint density at radius 1 is 0.944 bits per heavy atom. The Hall–Kier alpha value is -3.87. The number of rotatable bonds is 5. The average Bonchev–Trinajstić information content (AvgIpc) is 3.34. The Morgan fingerprint density at radius 2 is 1.64 bits per heavy atom. The van der Waals surface area contributed by atoms with Crippen LogP contribution in [-0.4, -0.2) is 58.2 Å². The molecule has 0 unspecified atom stereocenters. The van der Waals surface area contributed by atoms with Crippen LogP contribution >= 0.6 is 0 Å². The van der Waals surface area contributed by atoms with E-state index < -0.39 is 0 Å². The first kappa shape index (κ1) is 23.9. The maximum Gasteiger partial charge on any atom is 0.272 e. The molecule has 1 amide bonds. The fourth-order valence-corrected chi connectivity index (χ4v) is 4.56. The molecule has 0 spiro atoms. The topological polar surface area (TPSA) is 63.0 Å². The zero-order chi connectivity index (χ0) is 25.3. The summed E-state index contributed by atoms with van der Waals surface area (Å²) in [6, 6.07) is 21.9. The Morgan fingerprint density at radius 3 is 2.33 bits per heavy atom. The first-order chi connectivity index (χ1) is 17.3. The normalized spacial score (nSPS) is 14.3. The molecule has 7 nitrogen and oxygen atoms in total. The van der Waals surface area contributed by atoms with Gasteiger partial charge in [-0.25, -0.2) is 9.50 Å². The van der Waals surface area contributed by atoms with E-state index in [0.29, 0.717) is 31.0 Å². The smallest absolute Gasteiger partial charge is 0.272 e. The van der Waals surface area contributed by atoms with Crippen LogP contribution in [0.25, 0.3) is 16.9 Å². The molecule has 7 heteroatoms. The van der Waals surface area contributed by atoms with E-state index in [1.807, 2.05) is 72.5 Å². The third-order valence-electron chi connectivity index (χ3n) is 6.56. The van der Waals surface area contributed by atoms with Crippen LogP contribution in [-0.2, 0) is 5.41 Å². The molecule has 1 fully saturated rings. The minimum Gasteiger partial charge on any atom is -0.492 e. The molecule has 5 rings (SSSR count). The molecule has 2 aromatic heterocycles. The molecule has 36 heavy (non-hydrogen) atoms. The first-order valence-electron chi connectivity index (χ1n) is 12.6. The number of piperazine rings is 1. The Labute approximate surface area is 212 Å². The van der Waals surface area contributed by atoms with Gasteiger partial charge in [0.1, 0.15) is 11.4 Å². The number of carbonyl (C=O) groups excluding carboxylic acids is 1. The lowest BCUT2D eigenvalue weighted by atomic mass is 9.93. The number of hydrogen-bond acceptors (Lipinski definition) is 5. The van der Waals surface area contributed by atoms with Crippen molar-refractivity contribution in [1.29, 1.82) is 0 Å². The molecule has 186 valence electrons. The van der Waals surface area contributed by atoms with Crippen molar-refractivity contribution in [2.24, 2.45) is 0 Å². The van der Waals surface area contributed by atoms with Crippen LogP contribution in [0.1, 0.15) is 43.9 Å². The molecule has 0 bridgehead atoms. The van der Waals surface area contributed by atoms with Crippen molar-refractivity contribution >= 4 is 17.2 Å². The Bertz CT molecular complexity index is 1370. The van der Waals surface area contributed by atoms with Gasteiger partial charge in [-0.1, -0.05) is 63.2 Å². The summed E-state index contributed by atoms with van der Waals surface area (Å²) in [4.78, 5) is 22.9. The van der Waals surface area contributed by atoms with Crippen molar-refractivity contribution < 1.29 is 9.53 Å². The highest BCUT2D eigenvalue weighted by molar-refractivity contribution is 5.94. The van der Waals surface area contributed by atoms with Crippen molar-refractivity contribution in [2.75, 3.05) is 37.7 Å². The lowest BCUT2D eigenvalue weighted by Gasteiger charge is -2.36. The maximum absolute atomic E-state index is 13.9. The number of nitrogens with zero attached hydrogens (tertiary/aromatic N) is 5. The second kappa shape index (κ2) is 9.64. The monoisotopic (exact) mass is 483 g/mol. The summed E-state index contributed by atoms with van der Waals surface area (Å²) in [5.74, 6) is 0.857. The quantitative estimate of drug-likeness (QED) is 0.397. The van der Waals surface area contributed by atoms with E-state index in [2.05, 4.69) is 31.7 Å². The number of para-hydroxylation sites is 2. The van der Waals surface area contributed by atoms with Gasteiger partial charge in [-0.05, 0) is 25.1 Å². The fraction of sp³-hybridized carbons (Fsp3) is 0.345. The maximum atomic E-state index is 13.9. The SMILES string of the molecule is CCOc1ccccc1N1CCN(C(=O)c2cc(-c3ccccc3)nc3cc(C(C)(C)C)nn23)CC1. The standard InChI is InChI=1S/C29H33N5O2/c1-5-36-25-14-10-9-13-23(25)32-15-17-33(18-16-32)28(35)24-19-22(21-11-7-6-8-12-21)30-27-20-26(29(2,3)4)31-34(24)27/h6-14,19-20H,5,15-18H2,1-4H3. The molecule has 0 radical (unpaired) electrons. The highest BCUT2D eigenvalue weighted by atomic mass is 16.5. The number of carbonyl (C=O) groups is 1. The summed E-state index contributed by atoms with van der Waals surface area (Å²) < 4.78 is 7.54. The van der Waals surface area contributed by atoms with Crippen LogP contribution in [0.2, 0.25) is 0 Å². The van der Waals surface area contributed by atoms with Gasteiger partial charge in [0.2, 0.25) is 0 Å². The number of ether oxygens (including phenoxy) is 1. The number of anilines is 1. The van der Waals surface area contributed by atoms with E-state index in [-0.39, 0.29) is 11.3 Å². The third-order valence-corrected chi connectivity index (χ3v) is 6.56. The molecule has 3 heterocycles. The highest BCUT2D eigenvalue weighted by Gasteiger charge is 2.28. The van der Waals surface area contributed by atoms with E-state index in [0.717, 1.165) is 41.5 Å². The number of amides is 1. The minimum atomic E-state index is -0.152. The molecule has 1 saturated heterocycles. The van der Waals surface area contributed by atoms with Crippen LogP contribution in [0.15, 0.2) is 66.7 Å². The highest BCUT2D eigenvalue weighted by Crippen LogP contribution is 2.30. The zero-order valence-electron chi connectivity index (χ0n) is 21.4. The van der Waals surface area contributed by atoms with Crippen LogP contribution in [0.3, 0.4) is 0 Å². The second-order valence-electron chi connectivity index (χ2n) is 10.1. The molecule has 0 saturated carbocycles. The molecule has 1 aliphatic rings. The van der Waals surface area contributed by atoms with Gasteiger partial charge in [-0.3, -0.25) is 4.79 Å². The second-order valence-corrected chi connectivity index (χ2v) is 10.1. The molecular formula is C29H33N5O2. The van der Waals surface area contributed by atoms with Crippen molar-refractivity contribution in [3.63, 3.8) is 0 Å². The summed E-state index contributed by atoms with van der Waals surface area (Å²) in [5, 5.41) is 4.81. The molecule has 4 aromatic rings. The average molecular weight is 484 g/mol. The number of fused-ring (bicyclic) bond motifs is 1. The van der Waals surface area contributed by atoms with Crippen molar-refractivity contribution in [3.05, 3.63) is 78.1 Å². The Balaban J connectivity index is 1.46. The lowest BCUT2D eigenvalue weighted by Crippen LogP contribution is -2.49. The molecular weight excluding hydrogens is 450 g/mol. The zero-order valence-corrected chi connectivity index (χ0v) is 21.4. The largest absolute Gasteiger partial charge is 0.492 e. The van der Waals surface area contributed by atoms with Crippen LogP contribution < -0.4 is 9.64 Å². The van der Waals surface area contributed by atoms with Crippen LogP contribution in [0.5, 0.6) is 5.75 Å². The van der Waals surface area contributed by atoms with Gasteiger partial charge >= 0.3 is 0 Å². The van der Waals surface area contributed by atoms with Gasteiger partial charge in [-0.15, -0.1) is 0 Å². The van der Waals surface area contributed by atoms with Gasteiger partial charge in [0.05, 0.1) is 23.7 Å². The van der Waals surface area contributed by atoms with Gasteiger partial charge in [0.25, 0.3) is 5.91 Å². The number of hydrogen-bond donors (Lipinski definition) is 0. The third kappa shape index (κ3) is 4.65. The van der Waals surface area contributed by atoms with E-state index in [1.165, 1.54) is 0 Å². The molecule has 0 atom stereocenters. The van der Waals surface area contributed by atoms with Crippen molar-refractivity contribution in [2.45, 2.75) is 33.1 Å². The predicted octanol–water partition coefficient (Wildman–Crippen LogP) is 5.05. The van der Waals surface area contributed by atoms with E-state index in [9.17, 15) is 4.79 Å². The minimum absolute atomic E-state index is 0.0270. The first-order valence-corrected chi connectivity index (χ1v) is 12.6. The van der Waals surface area contributed by atoms with Crippen molar-refractivity contribution in [3.8, 4) is 17.0 Å². The van der Waals surface area contributed by atoms with Gasteiger partial charge in [0, 0.05) is 43.2 Å². The van der Waals surface area contributed by atoms with E-state index in [4.69, 9.17) is 14.8 Å². The Kier molecular flexibility index (Phi) is 6.39. The van der Waals surface area contributed by atoms with Gasteiger partial charge < -0.3 is 14.5 Å². The summed E-state index contributed by atoms with van der Waals surface area (Å²) in [7, 11) is 0. The van der Waals surface area contributed by atoms with E-state index >= 15 is 0 Å². The molecule has 0 N–H and O–H groups in total. The number of benzene rings is 2. The van der Waals surface area contributed by atoms with Crippen LogP contribution in [0, 0.1) is 0 Å². The van der Waals surface area contributed by atoms with Crippen molar-refractivity contribution in [1.82, 2.24) is 19.5 Å².